The highest BCUT2D eigenvalue weighted by Gasteiger charge is 2.30. The van der Waals surface area contributed by atoms with Crippen LogP contribution in [0.15, 0.2) is 83.9 Å². The van der Waals surface area contributed by atoms with Crippen LogP contribution in [-0.4, -0.2) is 18.9 Å². The van der Waals surface area contributed by atoms with Crippen molar-refractivity contribution < 1.29 is 26.4 Å². The van der Waals surface area contributed by atoms with Gasteiger partial charge in [0.2, 0.25) is 5.91 Å². The summed E-state index contributed by atoms with van der Waals surface area (Å²) in [5.41, 5.74) is 1.52. The lowest BCUT2D eigenvalue weighted by atomic mass is 10.1. The minimum absolute atomic E-state index is 0.119. The van der Waals surface area contributed by atoms with Gasteiger partial charge >= 0.3 is 6.18 Å². The molecule has 0 aliphatic rings. The van der Waals surface area contributed by atoms with Gasteiger partial charge in [-0.2, -0.15) is 13.2 Å². The van der Waals surface area contributed by atoms with Crippen LogP contribution in [0.3, 0.4) is 0 Å². The Hall–Kier alpha value is -3.59. The number of nitrogens with zero attached hydrogens (tertiary/aromatic N) is 1. The third-order valence-electron chi connectivity index (χ3n) is 5.50. The number of amides is 1. The molecule has 34 heavy (non-hydrogen) atoms. The van der Waals surface area contributed by atoms with Crippen molar-refractivity contribution in [1.82, 2.24) is 4.57 Å². The number of benzene rings is 3. The van der Waals surface area contributed by atoms with E-state index in [-0.39, 0.29) is 22.9 Å². The van der Waals surface area contributed by atoms with Crippen molar-refractivity contribution in [3.05, 3.63) is 95.7 Å². The number of para-hydroxylation sites is 1. The Kier molecular flexibility index (Phi) is 6.22. The third kappa shape index (κ3) is 4.99. The summed E-state index contributed by atoms with van der Waals surface area (Å²) >= 11 is 0. The van der Waals surface area contributed by atoms with Crippen molar-refractivity contribution >= 4 is 32.3 Å². The molecular formula is C25H21F3N2O3S. The molecule has 1 aromatic heterocycles. The number of rotatable bonds is 6. The van der Waals surface area contributed by atoms with E-state index in [1.807, 2.05) is 19.1 Å². The molecule has 0 aliphatic heterocycles. The van der Waals surface area contributed by atoms with Crippen molar-refractivity contribution in [2.45, 2.75) is 30.3 Å². The first-order valence-corrected chi connectivity index (χ1v) is 12.0. The summed E-state index contributed by atoms with van der Waals surface area (Å²) in [5, 5.41) is 3.05. The topological polar surface area (TPSA) is 68.2 Å². The van der Waals surface area contributed by atoms with Gasteiger partial charge in [-0.1, -0.05) is 42.5 Å². The minimum atomic E-state index is -4.47. The quantitative estimate of drug-likeness (QED) is 0.387. The lowest BCUT2D eigenvalue weighted by Crippen LogP contribution is -2.18. The Labute approximate surface area is 194 Å². The molecule has 1 heterocycles. The number of alkyl halides is 3. The van der Waals surface area contributed by atoms with Crippen LogP contribution >= 0.6 is 0 Å². The smallest absolute Gasteiger partial charge is 0.337 e. The molecule has 0 spiro atoms. The Balaban J connectivity index is 1.59. The Bertz CT molecular complexity index is 1460. The lowest BCUT2D eigenvalue weighted by Gasteiger charge is -2.10. The minimum Gasteiger partial charge on any atom is -0.337 e. The fraction of sp³-hybridized carbons (Fsp3) is 0.160. The van der Waals surface area contributed by atoms with Gasteiger partial charge in [0.05, 0.1) is 16.2 Å². The molecule has 4 aromatic rings. The van der Waals surface area contributed by atoms with E-state index in [9.17, 15) is 26.4 Å². The number of carbonyl (C=O) groups excluding carboxylic acids is 1. The summed E-state index contributed by atoms with van der Waals surface area (Å²) in [6.07, 6.45) is -3.03. The summed E-state index contributed by atoms with van der Waals surface area (Å²) in [6.45, 7) is 1.64. The average molecular weight is 487 g/mol. The first kappa shape index (κ1) is 23.6. The summed E-state index contributed by atoms with van der Waals surface area (Å²) in [6, 6.07) is 18.2. The monoisotopic (exact) mass is 486 g/mol. The number of aromatic nitrogens is 1. The highest BCUT2D eigenvalue weighted by Crippen LogP contribution is 2.30. The molecule has 1 N–H and O–H groups in total. The Morgan fingerprint density at radius 1 is 0.941 bits per heavy atom. The van der Waals surface area contributed by atoms with E-state index >= 15 is 0 Å². The van der Waals surface area contributed by atoms with Crippen molar-refractivity contribution in [3.8, 4) is 0 Å². The van der Waals surface area contributed by atoms with E-state index in [0.717, 1.165) is 17.7 Å². The van der Waals surface area contributed by atoms with E-state index in [2.05, 4.69) is 5.32 Å². The predicted octanol–water partition coefficient (Wildman–Crippen LogP) is 5.58. The van der Waals surface area contributed by atoms with Crippen LogP contribution in [0.1, 0.15) is 16.7 Å². The van der Waals surface area contributed by atoms with Gasteiger partial charge in [0.25, 0.3) is 0 Å². The zero-order valence-corrected chi connectivity index (χ0v) is 19.0. The summed E-state index contributed by atoms with van der Waals surface area (Å²) < 4.78 is 66.3. The van der Waals surface area contributed by atoms with Crippen molar-refractivity contribution in [2.24, 2.45) is 0 Å². The Morgan fingerprint density at radius 3 is 2.26 bits per heavy atom. The number of aryl methyl sites for hydroxylation is 1. The van der Waals surface area contributed by atoms with E-state index in [0.29, 0.717) is 16.5 Å². The van der Waals surface area contributed by atoms with E-state index in [1.165, 1.54) is 22.9 Å². The number of anilines is 1. The van der Waals surface area contributed by atoms with E-state index in [1.54, 1.807) is 36.4 Å². The summed E-state index contributed by atoms with van der Waals surface area (Å²) in [4.78, 5) is 12.7. The van der Waals surface area contributed by atoms with E-state index < -0.39 is 27.5 Å². The molecule has 0 bridgehead atoms. The van der Waals surface area contributed by atoms with Crippen LogP contribution < -0.4 is 5.32 Å². The zero-order valence-electron chi connectivity index (χ0n) is 18.1. The molecule has 5 nitrogen and oxygen atoms in total. The van der Waals surface area contributed by atoms with Crippen molar-refractivity contribution in [3.63, 3.8) is 0 Å². The maximum Gasteiger partial charge on any atom is 0.416 e. The predicted molar refractivity (Wildman–Crippen MR) is 124 cm³/mol. The van der Waals surface area contributed by atoms with Crippen molar-refractivity contribution in [2.75, 3.05) is 5.32 Å². The van der Waals surface area contributed by atoms with Crippen LogP contribution in [0.25, 0.3) is 10.9 Å². The average Bonchev–Trinajstić information content (AvgIpc) is 3.14. The molecule has 0 radical (unpaired) electrons. The number of sulfone groups is 1. The highest BCUT2D eigenvalue weighted by molar-refractivity contribution is 7.90. The van der Waals surface area contributed by atoms with Crippen LogP contribution in [0.5, 0.6) is 0 Å². The van der Waals surface area contributed by atoms with Crippen LogP contribution in [0, 0.1) is 6.92 Å². The first-order chi connectivity index (χ1) is 16.0. The second kappa shape index (κ2) is 8.98. The molecule has 9 heteroatoms. The van der Waals surface area contributed by atoms with E-state index in [4.69, 9.17) is 0 Å². The summed E-state index contributed by atoms with van der Waals surface area (Å²) in [5.74, 6) is -0.672. The molecular weight excluding hydrogens is 465 g/mol. The standard InChI is InChI=1S/C25H21F3N2O3S/c1-17-6-2-3-7-18(17)16-34(32,33)23-14-30(22-9-5-4-8-21(22)23)15-24(31)29-20-12-10-19(11-13-20)25(26,27)28/h2-14H,15-16H2,1H3,(H,29,31). The van der Waals surface area contributed by atoms with Gasteiger partial charge < -0.3 is 9.88 Å². The van der Waals surface area contributed by atoms with Gasteiger partial charge in [-0.25, -0.2) is 8.42 Å². The molecule has 0 saturated heterocycles. The fourth-order valence-corrected chi connectivity index (χ4v) is 5.43. The molecule has 1 amide bonds. The third-order valence-corrected chi connectivity index (χ3v) is 7.19. The molecule has 0 aliphatic carbocycles. The van der Waals surface area contributed by atoms with Gasteiger partial charge in [-0.3, -0.25) is 4.79 Å². The van der Waals surface area contributed by atoms with Gasteiger partial charge in [0.15, 0.2) is 9.84 Å². The molecule has 176 valence electrons. The number of fused-ring (bicyclic) bond motifs is 1. The van der Waals surface area contributed by atoms with Gasteiger partial charge in [-0.15, -0.1) is 0 Å². The van der Waals surface area contributed by atoms with Gasteiger partial charge in [-0.05, 0) is 48.4 Å². The largest absolute Gasteiger partial charge is 0.416 e. The normalized spacial score (nSPS) is 12.1. The maximum absolute atomic E-state index is 13.3. The Morgan fingerprint density at radius 2 is 1.59 bits per heavy atom. The second-order valence-electron chi connectivity index (χ2n) is 7.95. The zero-order chi connectivity index (χ0) is 24.5. The molecule has 0 unspecified atom stereocenters. The summed E-state index contributed by atoms with van der Waals surface area (Å²) in [7, 11) is -3.71. The number of hydrogen-bond acceptors (Lipinski definition) is 3. The maximum atomic E-state index is 13.3. The van der Waals surface area contributed by atoms with Crippen molar-refractivity contribution in [1.29, 1.82) is 0 Å². The van der Waals surface area contributed by atoms with Gasteiger partial charge in [0.1, 0.15) is 6.54 Å². The van der Waals surface area contributed by atoms with Gasteiger partial charge in [0, 0.05) is 22.8 Å². The molecule has 0 atom stereocenters. The number of carbonyl (C=O) groups is 1. The first-order valence-electron chi connectivity index (χ1n) is 10.4. The fourth-order valence-electron chi connectivity index (χ4n) is 3.74. The second-order valence-corrected chi connectivity index (χ2v) is 9.91. The molecule has 4 rings (SSSR count). The van der Waals surface area contributed by atoms with Crippen LogP contribution in [-0.2, 0) is 33.1 Å². The molecule has 3 aromatic carbocycles. The number of nitrogens with one attached hydrogen (secondary N) is 1. The lowest BCUT2D eigenvalue weighted by molar-refractivity contribution is -0.137. The SMILES string of the molecule is Cc1ccccc1CS(=O)(=O)c1cn(CC(=O)Nc2ccc(C(F)(F)F)cc2)c2ccccc12. The number of hydrogen-bond donors (Lipinski definition) is 1. The number of halogens is 3. The van der Waals surface area contributed by atoms with Crippen LogP contribution in [0.4, 0.5) is 18.9 Å². The highest BCUT2D eigenvalue weighted by atomic mass is 32.2. The molecule has 0 saturated carbocycles. The molecule has 0 fully saturated rings. The van der Waals surface area contributed by atoms with Crippen LogP contribution in [0.2, 0.25) is 0 Å².